The Morgan fingerprint density at radius 2 is 0.705 bits per heavy atom. The molecule has 0 aliphatic heterocycles. The Labute approximate surface area is 272 Å². The van der Waals surface area contributed by atoms with E-state index in [1.807, 2.05) is 0 Å². The van der Waals surface area contributed by atoms with Gasteiger partial charge in [0.25, 0.3) is 0 Å². The molecule has 0 aromatic heterocycles. The van der Waals surface area contributed by atoms with Crippen molar-refractivity contribution in [3.63, 3.8) is 0 Å². The Morgan fingerprint density at radius 3 is 1.00 bits per heavy atom. The molecule has 8 nitrogen and oxygen atoms in total. The van der Waals surface area contributed by atoms with Crippen LogP contribution >= 0.6 is 0 Å². The van der Waals surface area contributed by atoms with Crippen molar-refractivity contribution in [3.05, 3.63) is 0 Å². The van der Waals surface area contributed by atoms with Gasteiger partial charge in [0.2, 0.25) is 0 Å². The lowest BCUT2D eigenvalue weighted by atomic mass is 9.92. The molecule has 0 atom stereocenters. The molecule has 0 rings (SSSR count). The number of carbonyl (C=O) groups is 2. The number of ether oxygens (including phenoxy) is 2. The first kappa shape index (κ1) is 42.8. The Morgan fingerprint density at radius 1 is 0.432 bits per heavy atom. The molecule has 0 aromatic rings. The van der Waals surface area contributed by atoms with Crippen molar-refractivity contribution < 1.29 is 19.1 Å². The van der Waals surface area contributed by atoms with Gasteiger partial charge in [-0.1, -0.05) is 105 Å². The van der Waals surface area contributed by atoms with Crippen LogP contribution in [-0.2, 0) is 19.1 Å². The molecule has 0 saturated heterocycles. The Balaban J connectivity index is 3.48. The number of carbonyl (C=O) groups excluding carboxylic acids is 2. The van der Waals surface area contributed by atoms with Gasteiger partial charge in [-0.05, 0) is 37.5 Å². The normalized spacial score (nSPS) is 11.5. The van der Waals surface area contributed by atoms with Gasteiger partial charge in [-0.15, -0.1) is 0 Å². The highest BCUT2D eigenvalue weighted by molar-refractivity contribution is 5.69. The average molecular weight is 627 g/mol. The quantitative estimate of drug-likeness (QED) is 0.0452. The minimum atomic E-state index is -0.0946. The van der Waals surface area contributed by atoms with Crippen molar-refractivity contribution in [1.29, 1.82) is 0 Å². The van der Waals surface area contributed by atoms with Gasteiger partial charge < -0.3 is 30.7 Å². The molecule has 44 heavy (non-hydrogen) atoms. The third-order valence-electron chi connectivity index (χ3n) is 8.35. The summed E-state index contributed by atoms with van der Waals surface area (Å²) in [4.78, 5) is 24.0. The van der Waals surface area contributed by atoms with Crippen LogP contribution in [0.25, 0.3) is 0 Å². The molecule has 0 spiro atoms. The van der Waals surface area contributed by atoms with Crippen LogP contribution in [0.3, 0.4) is 0 Å². The molecule has 4 N–H and O–H groups in total. The van der Waals surface area contributed by atoms with Crippen molar-refractivity contribution in [2.75, 3.05) is 65.6 Å². The highest BCUT2D eigenvalue weighted by Gasteiger charge is 2.10. The van der Waals surface area contributed by atoms with Gasteiger partial charge in [-0.25, -0.2) is 0 Å². The van der Waals surface area contributed by atoms with Crippen LogP contribution in [0.5, 0.6) is 0 Å². The maximum absolute atomic E-state index is 12.0. The van der Waals surface area contributed by atoms with Crippen molar-refractivity contribution in [2.45, 2.75) is 143 Å². The standard InChI is InChI=1S/C36H74N4O4/c1-5-9-15-33(16-10-6-2)19-13-31-43-35(41)21-23-37-25-27-39-29-30-40-28-26-38-24-22-36(42)44-32-14-20-34(17-11-7-3)18-12-8-4/h33-34,37-40H,5-32H2,1-4H3. The van der Waals surface area contributed by atoms with Crippen LogP contribution in [0.15, 0.2) is 0 Å². The fourth-order valence-corrected chi connectivity index (χ4v) is 5.51. The van der Waals surface area contributed by atoms with Crippen molar-refractivity contribution in [3.8, 4) is 0 Å². The number of nitrogens with one attached hydrogen (secondary N) is 4. The van der Waals surface area contributed by atoms with Gasteiger partial charge in [-0.2, -0.15) is 0 Å². The summed E-state index contributed by atoms with van der Waals surface area (Å²) in [5.41, 5.74) is 0. The number of hydrogen-bond acceptors (Lipinski definition) is 8. The number of rotatable bonds is 35. The molecule has 0 aliphatic carbocycles. The van der Waals surface area contributed by atoms with Crippen LogP contribution in [0.2, 0.25) is 0 Å². The first-order valence-corrected chi connectivity index (χ1v) is 18.7. The van der Waals surface area contributed by atoms with Crippen LogP contribution in [-0.4, -0.2) is 77.5 Å². The summed E-state index contributed by atoms with van der Waals surface area (Å²) in [7, 11) is 0. The highest BCUT2D eigenvalue weighted by atomic mass is 16.5. The van der Waals surface area contributed by atoms with Crippen molar-refractivity contribution >= 4 is 11.9 Å². The van der Waals surface area contributed by atoms with E-state index < -0.39 is 0 Å². The Hall–Kier alpha value is -1.22. The largest absolute Gasteiger partial charge is 0.466 e. The fraction of sp³-hybridized carbons (Fsp3) is 0.944. The van der Waals surface area contributed by atoms with Gasteiger partial charge >= 0.3 is 11.9 Å². The van der Waals surface area contributed by atoms with E-state index in [1.54, 1.807) is 0 Å². The van der Waals surface area contributed by atoms with Gasteiger partial charge in [0.1, 0.15) is 0 Å². The zero-order chi connectivity index (χ0) is 32.4. The van der Waals surface area contributed by atoms with E-state index in [0.29, 0.717) is 39.1 Å². The van der Waals surface area contributed by atoms with E-state index in [0.717, 1.165) is 63.9 Å². The lowest BCUT2D eigenvalue weighted by Gasteiger charge is -2.16. The summed E-state index contributed by atoms with van der Waals surface area (Å²) in [6.45, 7) is 16.6. The molecule has 0 unspecified atom stereocenters. The SMILES string of the molecule is CCCCC(CCCC)CCCOC(=O)CCNCCNCCNCCNCCC(=O)OCCCC(CCCC)CCCC. The average Bonchev–Trinajstić information content (AvgIpc) is 3.03. The van der Waals surface area contributed by atoms with Crippen LogP contribution in [0.4, 0.5) is 0 Å². The Bertz CT molecular complexity index is 555. The smallest absolute Gasteiger partial charge is 0.307 e. The Kier molecular flexibility index (Phi) is 33.7. The summed E-state index contributed by atoms with van der Waals surface area (Å²) in [5, 5.41) is 13.4. The highest BCUT2D eigenvalue weighted by Crippen LogP contribution is 2.22. The molecule has 0 saturated carbocycles. The predicted molar refractivity (Wildman–Crippen MR) is 186 cm³/mol. The molecule has 0 heterocycles. The molecule has 0 bridgehead atoms. The number of hydrogen-bond donors (Lipinski definition) is 4. The maximum Gasteiger partial charge on any atom is 0.307 e. The molecule has 0 aromatic carbocycles. The van der Waals surface area contributed by atoms with Crippen LogP contribution in [0, 0.1) is 11.8 Å². The lowest BCUT2D eigenvalue weighted by molar-refractivity contribution is -0.144. The van der Waals surface area contributed by atoms with E-state index in [9.17, 15) is 9.59 Å². The summed E-state index contributed by atoms with van der Waals surface area (Å²) >= 11 is 0. The third kappa shape index (κ3) is 30.8. The van der Waals surface area contributed by atoms with Gasteiger partial charge in [0.05, 0.1) is 26.1 Å². The predicted octanol–water partition coefficient (Wildman–Crippen LogP) is 6.77. The molecular weight excluding hydrogens is 552 g/mol. The third-order valence-corrected chi connectivity index (χ3v) is 8.35. The van der Waals surface area contributed by atoms with E-state index >= 15 is 0 Å². The minimum absolute atomic E-state index is 0.0946. The second-order valence-electron chi connectivity index (χ2n) is 12.5. The molecule has 0 aliphatic rings. The van der Waals surface area contributed by atoms with E-state index in [4.69, 9.17) is 9.47 Å². The second kappa shape index (κ2) is 34.6. The summed E-state index contributed by atoms with van der Waals surface area (Å²) in [6, 6.07) is 0. The fourth-order valence-electron chi connectivity index (χ4n) is 5.51. The summed E-state index contributed by atoms with van der Waals surface area (Å²) in [6.07, 6.45) is 20.7. The summed E-state index contributed by atoms with van der Waals surface area (Å²) in [5.74, 6) is 1.39. The first-order valence-electron chi connectivity index (χ1n) is 18.7. The van der Waals surface area contributed by atoms with E-state index in [-0.39, 0.29) is 11.9 Å². The molecule has 0 fully saturated rings. The molecule has 0 radical (unpaired) electrons. The van der Waals surface area contributed by atoms with Gasteiger partial charge in [0, 0.05) is 52.4 Å². The van der Waals surface area contributed by atoms with Gasteiger partial charge in [-0.3, -0.25) is 9.59 Å². The summed E-state index contributed by atoms with van der Waals surface area (Å²) < 4.78 is 10.9. The van der Waals surface area contributed by atoms with E-state index in [1.165, 1.54) is 89.9 Å². The molecule has 0 amide bonds. The topological polar surface area (TPSA) is 101 Å². The number of unbranched alkanes of at least 4 members (excludes halogenated alkanes) is 4. The first-order chi connectivity index (χ1) is 21.6. The van der Waals surface area contributed by atoms with Crippen LogP contribution < -0.4 is 21.3 Å². The zero-order valence-electron chi connectivity index (χ0n) is 29.6. The monoisotopic (exact) mass is 627 g/mol. The molecular formula is C36H74N4O4. The second-order valence-corrected chi connectivity index (χ2v) is 12.5. The minimum Gasteiger partial charge on any atom is -0.466 e. The van der Waals surface area contributed by atoms with Crippen molar-refractivity contribution in [1.82, 2.24) is 21.3 Å². The van der Waals surface area contributed by atoms with E-state index in [2.05, 4.69) is 49.0 Å². The maximum atomic E-state index is 12.0. The molecule has 262 valence electrons. The van der Waals surface area contributed by atoms with Crippen LogP contribution in [0.1, 0.15) is 143 Å². The zero-order valence-corrected chi connectivity index (χ0v) is 29.6. The van der Waals surface area contributed by atoms with Gasteiger partial charge in [0.15, 0.2) is 0 Å². The molecule has 8 heteroatoms. The lowest BCUT2D eigenvalue weighted by Crippen LogP contribution is -2.35. The van der Waals surface area contributed by atoms with Crippen molar-refractivity contribution in [2.24, 2.45) is 11.8 Å². The number of esters is 2.